The van der Waals surface area contributed by atoms with Gasteiger partial charge in [0.25, 0.3) is 0 Å². The third-order valence-electron chi connectivity index (χ3n) is 10.7. The quantitative estimate of drug-likeness (QED) is 0.0602. The summed E-state index contributed by atoms with van der Waals surface area (Å²) in [6, 6.07) is 20.6. The zero-order valence-corrected chi connectivity index (χ0v) is 37.0. The number of pyridine rings is 1. The van der Waals surface area contributed by atoms with Crippen molar-refractivity contribution < 1.29 is 29.3 Å². The largest absolute Gasteiger partial charge is 0.396 e. The van der Waals surface area contributed by atoms with E-state index < -0.39 is 18.1 Å². The Hall–Kier alpha value is -4.90. The van der Waals surface area contributed by atoms with Gasteiger partial charge in [0.15, 0.2) is 6.20 Å². The Morgan fingerprint density at radius 3 is 2.52 bits per heavy atom. The second kappa shape index (κ2) is 22.3. The summed E-state index contributed by atoms with van der Waals surface area (Å²) in [5.74, 6) is -1.26. The molecule has 0 spiro atoms. The van der Waals surface area contributed by atoms with Gasteiger partial charge in [0, 0.05) is 78.6 Å². The van der Waals surface area contributed by atoms with E-state index in [0.29, 0.717) is 37.3 Å². The van der Waals surface area contributed by atoms with E-state index in [1.807, 2.05) is 92.2 Å². The molecular weight excluding hydrogens is 832 g/mol. The number of amides is 4. The maximum absolute atomic E-state index is 14.8. The summed E-state index contributed by atoms with van der Waals surface area (Å²) < 4.78 is 2.76. The molecule has 2 aromatic heterocycles. The zero-order valence-electron chi connectivity index (χ0n) is 34.6. The molecule has 0 saturated carbocycles. The smallest absolute Gasteiger partial charge is 0.247 e. The van der Waals surface area contributed by atoms with Crippen LogP contribution in [0.25, 0.3) is 22.0 Å². The summed E-state index contributed by atoms with van der Waals surface area (Å²) in [6.07, 6.45) is 6.44. The maximum Gasteiger partial charge on any atom is 0.247 e. The van der Waals surface area contributed by atoms with Gasteiger partial charge < -0.3 is 36.3 Å². The van der Waals surface area contributed by atoms with E-state index in [0.717, 1.165) is 66.5 Å². The lowest BCUT2D eigenvalue weighted by atomic mass is 9.98. The van der Waals surface area contributed by atoms with Crippen LogP contribution in [-0.4, -0.2) is 84.0 Å². The van der Waals surface area contributed by atoms with Gasteiger partial charge in [0.1, 0.15) is 12.1 Å². The molecule has 1 aliphatic heterocycles. The number of unbranched alkanes of at least 4 members (excludes halogenated alkanes) is 1. The summed E-state index contributed by atoms with van der Waals surface area (Å²) in [7, 11) is 3.50. The van der Waals surface area contributed by atoms with Crippen LogP contribution in [0.5, 0.6) is 0 Å². The highest BCUT2D eigenvalue weighted by molar-refractivity contribution is 7.99. The SMILES string of the molecule is CNCCCC[C@@H]1NC(=O)[C@H](CCCO)NCc2ccc[nH+]c2Sc2c(Cl)ccc(-c3ccc(SNC(C)=O)cc3)c2CNC(=O)[C@H](Cc2c[nH]c3ccccc23)N(C)C1=O. The molecule has 3 aromatic carbocycles. The van der Waals surface area contributed by atoms with Gasteiger partial charge in [0.05, 0.1) is 11.1 Å². The van der Waals surface area contributed by atoms with Crippen molar-refractivity contribution in [3.05, 3.63) is 107 Å². The lowest BCUT2D eigenvalue weighted by Gasteiger charge is -2.32. The molecule has 0 radical (unpaired) electrons. The topological polar surface area (TPSA) is 182 Å². The Morgan fingerprint density at radius 1 is 0.967 bits per heavy atom. The Labute approximate surface area is 370 Å². The van der Waals surface area contributed by atoms with Crippen molar-refractivity contribution in [2.24, 2.45) is 0 Å². The van der Waals surface area contributed by atoms with E-state index in [9.17, 15) is 24.3 Å². The third kappa shape index (κ3) is 11.9. The molecule has 16 heteroatoms. The van der Waals surface area contributed by atoms with Crippen molar-refractivity contribution in [3.8, 4) is 11.1 Å². The summed E-state index contributed by atoms with van der Waals surface area (Å²) in [5, 5.41) is 24.8. The second-order valence-electron chi connectivity index (χ2n) is 15.0. The number of likely N-dealkylation sites (N-methyl/N-ethyl adjacent to an activating group) is 1. The highest BCUT2D eigenvalue weighted by Crippen LogP contribution is 2.41. The van der Waals surface area contributed by atoms with Crippen LogP contribution in [0.4, 0.5) is 0 Å². The average Bonchev–Trinajstić information content (AvgIpc) is 3.68. The number of carbonyl (C=O) groups excluding carboxylic acids is 4. The molecule has 8 N–H and O–H groups in total. The van der Waals surface area contributed by atoms with Gasteiger partial charge in [0.2, 0.25) is 28.7 Å². The number of nitrogens with zero attached hydrogens (tertiary/aromatic N) is 1. The standard InChI is InChI=1S/C45H53ClN8O5S2/c1-28(56)53-61-32-17-15-29(16-18-32)33-19-20-36(46)41-35(33)27-51-43(58)40(24-31-26-49-37-12-5-4-11-34(31)37)54(3)45(59)39(13-6-7-21-47-2)52-42(57)38(14-9-23-55)50-25-30-10-8-22-48-44(30)60-41/h4-5,8,10-12,15-20,22,26,38-40,47,49-50,55H,6-7,9,13-14,21,23-25,27H2,1-3H3,(H,51,58)(H,52,57)(H,53,56)/p+1/t38-,39-,40-/m0/s1. The van der Waals surface area contributed by atoms with Crippen LogP contribution in [0.3, 0.4) is 0 Å². The van der Waals surface area contributed by atoms with E-state index in [4.69, 9.17) is 11.6 Å². The average molecular weight is 887 g/mol. The van der Waals surface area contributed by atoms with Gasteiger partial charge in [-0.05, 0) is 122 Å². The molecule has 0 bridgehead atoms. The van der Waals surface area contributed by atoms with E-state index in [-0.39, 0.29) is 43.2 Å². The number of fused-ring (bicyclic) bond motifs is 3. The summed E-state index contributed by atoms with van der Waals surface area (Å²) in [6.45, 7) is 2.50. The van der Waals surface area contributed by atoms with Crippen LogP contribution in [0.15, 0.2) is 100 Å². The summed E-state index contributed by atoms with van der Waals surface area (Å²) >= 11 is 9.73. The number of carbonyl (C=O) groups is 4. The van der Waals surface area contributed by atoms with Crippen LogP contribution in [0.2, 0.25) is 5.02 Å². The number of aromatic amines is 2. The van der Waals surface area contributed by atoms with E-state index in [2.05, 4.69) is 36.0 Å². The number of aliphatic hydroxyl groups excluding tert-OH is 1. The Morgan fingerprint density at radius 2 is 1.75 bits per heavy atom. The fraction of sp³-hybridized carbons (Fsp3) is 0.356. The Bertz CT molecular complexity index is 2310. The first kappa shape index (κ1) is 45.6. The molecule has 0 fully saturated rings. The fourth-order valence-corrected chi connectivity index (χ4v) is 9.32. The lowest BCUT2D eigenvalue weighted by Crippen LogP contribution is -2.57. The van der Waals surface area contributed by atoms with Crippen molar-refractivity contribution in [1.82, 2.24) is 35.9 Å². The molecule has 0 unspecified atom stereocenters. The predicted molar refractivity (Wildman–Crippen MR) is 241 cm³/mol. The number of hydrogen-bond donors (Lipinski definition) is 7. The molecule has 0 saturated heterocycles. The molecule has 5 aromatic rings. The van der Waals surface area contributed by atoms with E-state index in [1.165, 1.54) is 35.5 Å². The zero-order chi connectivity index (χ0) is 43.3. The number of hydrogen-bond acceptors (Lipinski definition) is 9. The van der Waals surface area contributed by atoms with Crippen molar-refractivity contribution in [3.63, 3.8) is 0 Å². The van der Waals surface area contributed by atoms with Crippen molar-refractivity contribution in [2.75, 3.05) is 27.2 Å². The monoisotopic (exact) mass is 885 g/mol. The Balaban J connectivity index is 1.46. The van der Waals surface area contributed by atoms with Gasteiger partial charge in [-0.25, -0.2) is 4.98 Å². The van der Waals surface area contributed by atoms with Gasteiger partial charge in [-0.15, -0.1) is 0 Å². The molecule has 0 aliphatic carbocycles. The van der Waals surface area contributed by atoms with Crippen molar-refractivity contribution >= 4 is 69.8 Å². The highest BCUT2D eigenvalue weighted by Gasteiger charge is 2.34. The number of benzene rings is 3. The van der Waals surface area contributed by atoms with Gasteiger partial charge in [-0.1, -0.05) is 48.0 Å². The number of halogens is 1. The molecule has 3 heterocycles. The number of rotatable bonds is 13. The van der Waals surface area contributed by atoms with Crippen LogP contribution >= 0.6 is 35.3 Å². The van der Waals surface area contributed by atoms with Crippen LogP contribution in [-0.2, 0) is 38.7 Å². The minimum absolute atomic E-state index is 0.0830. The van der Waals surface area contributed by atoms with Gasteiger partial charge in [-0.2, -0.15) is 0 Å². The number of para-hydroxylation sites is 1. The lowest BCUT2D eigenvalue weighted by molar-refractivity contribution is -0.427. The highest BCUT2D eigenvalue weighted by atomic mass is 35.5. The normalized spacial score (nSPS) is 17.9. The number of aliphatic hydroxyl groups is 1. The first-order valence-electron chi connectivity index (χ1n) is 20.5. The summed E-state index contributed by atoms with van der Waals surface area (Å²) in [5.41, 5.74) is 5.14. The summed E-state index contributed by atoms with van der Waals surface area (Å²) in [4.78, 5) is 65.0. The minimum atomic E-state index is -0.958. The van der Waals surface area contributed by atoms with Crippen LogP contribution in [0.1, 0.15) is 55.7 Å². The third-order valence-corrected chi connectivity index (χ3v) is 13.3. The minimum Gasteiger partial charge on any atom is -0.396 e. The molecule has 13 nitrogen and oxygen atoms in total. The van der Waals surface area contributed by atoms with Gasteiger partial charge in [-0.3, -0.25) is 23.9 Å². The molecule has 61 heavy (non-hydrogen) atoms. The molecule has 3 atom stereocenters. The van der Waals surface area contributed by atoms with Crippen molar-refractivity contribution in [1.29, 1.82) is 0 Å². The van der Waals surface area contributed by atoms with Gasteiger partial charge >= 0.3 is 0 Å². The van der Waals surface area contributed by atoms with E-state index >= 15 is 0 Å². The molecule has 1 aliphatic rings. The van der Waals surface area contributed by atoms with Crippen LogP contribution in [0, 0.1) is 0 Å². The van der Waals surface area contributed by atoms with Crippen molar-refractivity contribution in [2.45, 2.75) is 91.5 Å². The maximum atomic E-state index is 14.8. The fourth-order valence-electron chi connectivity index (χ4n) is 7.42. The predicted octanol–water partition coefficient (Wildman–Crippen LogP) is 5.40. The van der Waals surface area contributed by atoms with E-state index in [1.54, 1.807) is 7.05 Å². The number of H-pyrrole nitrogens is 2. The molecule has 4 amide bonds. The Kier molecular flexibility index (Phi) is 16.7. The van der Waals surface area contributed by atoms with Crippen LogP contribution < -0.4 is 31.0 Å². The molecular formula is C45H54ClN8O5S2+. The second-order valence-corrected chi connectivity index (χ2v) is 17.3. The molecule has 322 valence electrons. The molecule has 6 rings (SSSR count). The number of nitrogens with one attached hydrogen (secondary N) is 7. The first-order chi connectivity index (χ1) is 29.6. The first-order valence-corrected chi connectivity index (χ1v) is 22.5. The number of aromatic nitrogens is 2.